The van der Waals surface area contributed by atoms with Crippen LogP contribution in [0.2, 0.25) is 0 Å². The fourth-order valence-electron chi connectivity index (χ4n) is 4.06. The van der Waals surface area contributed by atoms with Gasteiger partial charge in [-0.15, -0.1) is 0 Å². The number of ether oxygens (including phenoxy) is 1. The lowest BCUT2D eigenvalue weighted by atomic mass is 9.69. The van der Waals surface area contributed by atoms with Gasteiger partial charge in [0, 0.05) is 11.0 Å². The number of benzene rings is 3. The van der Waals surface area contributed by atoms with Crippen LogP contribution < -0.4 is 4.74 Å². The van der Waals surface area contributed by atoms with Crippen molar-refractivity contribution < 1.29 is 14.9 Å². The third kappa shape index (κ3) is 2.71. The lowest BCUT2D eigenvalue weighted by Crippen LogP contribution is -2.31. The van der Waals surface area contributed by atoms with Crippen molar-refractivity contribution in [2.24, 2.45) is 0 Å². The molecule has 3 heteroatoms. The fraction of sp³-hybridized carbons (Fsp3) is 0.200. The van der Waals surface area contributed by atoms with Gasteiger partial charge >= 0.3 is 0 Å². The summed E-state index contributed by atoms with van der Waals surface area (Å²) in [6.07, 6.45) is 0. The fourth-order valence-corrected chi connectivity index (χ4v) is 4.06. The molecule has 0 saturated carbocycles. The van der Waals surface area contributed by atoms with Gasteiger partial charge < -0.3 is 14.9 Å². The van der Waals surface area contributed by atoms with Crippen molar-refractivity contribution in [3.8, 4) is 22.6 Å². The second kappa shape index (κ2) is 6.84. The largest absolute Gasteiger partial charge is 0.507 e. The SMILES string of the molecule is CC1=C(C)C(C)(c2ccc(-c3ccccc3)cc2)c2ccc(O)c(CO)c2O1. The molecule has 0 aromatic heterocycles. The molecule has 142 valence electrons. The number of allylic oxidation sites excluding steroid dienone is 2. The molecule has 0 spiro atoms. The minimum atomic E-state index is -0.412. The first-order valence-electron chi connectivity index (χ1n) is 9.44. The molecule has 4 rings (SSSR count). The molecule has 3 nitrogen and oxygen atoms in total. The molecule has 28 heavy (non-hydrogen) atoms. The highest BCUT2D eigenvalue weighted by molar-refractivity contribution is 5.66. The van der Waals surface area contributed by atoms with Crippen LogP contribution >= 0.6 is 0 Å². The Balaban J connectivity index is 1.87. The normalized spacial score (nSPS) is 18.6. The number of phenols is 1. The Labute approximate surface area is 165 Å². The molecule has 0 fully saturated rings. The van der Waals surface area contributed by atoms with Gasteiger partial charge in [-0.05, 0) is 49.1 Å². The van der Waals surface area contributed by atoms with E-state index in [1.807, 2.05) is 31.2 Å². The topological polar surface area (TPSA) is 49.7 Å². The smallest absolute Gasteiger partial charge is 0.140 e. The molecule has 3 aromatic carbocycles. The Bertz CT molecular complexity index is 1050. The standard InChI is InChI=1S/C25H24O3/c1-16-17(2)28-24-21(15-26)23(27)14-13-22(24)25(16,3)20-11-9-19(10-12-20)18-7-5-4-6-8-18/h4-14,26-27H,15H2,1-3H3. The molecular formula is C25H24O3. The summed E-state index contributed by atoms with van der Waals surface area (Å²) in [5.41, 5.74) is 5.57. The predicted octanol–water partition coefficient (Wildman–Crippen LogP) is 5.54. The molecular weight excluding hydrogens is 348 g/mol. The highest BCUT2D eigenvalue weighted by Crippen LogP contribution is 2.50. The van der Waals surface area contributed by atoms with Gasteiger partial charge in [-0.1, -0.05) is 60.7 Å². The molecule has 0 radical (unpaired) electrons. The van der Waals surface area contributed by atoms with E-state index in [9.17, 15) is 10.2 Å². The lowest BCUT2D eigenvalue weighted by molar-refractivity contribution is 0.264. The number of hydrogen-bond donors (Lipinski definition) is 2. The van der Waals surface area contributed by atoms with Gasteiger partial charge in [0.25, 0.3) is 0 Å². The van der Waals surface area contributed by atoms with Crippen molar-refractivity contribution in [3.63, 3.8) is 0 Å². The minimum absolute atomic E-state index is 0.0513. The maximum absolute atomic E-state index is 10.2. The zero-order valence-corrected chi connectivity index (χ0v) is 16.4. The molecule has 1 atom stereocenters. The summed E-state index contributed by atoms with van der Waals surface area (Å²) in [7, 11) is 0. The Morgan fingerprint density at radius 1 is 0.857 bits per heavy atom. The second-order valence-corrected chi connectivity index (χ2v) is 7.45. The maximum Gasteiger partial charge on any atom is 0.140 e. The summed E-state index contributed by atoms with van der Waals surface area (Å²) in [4.78, 5) is 0. The van der Waals surface area contributed by atoms with E-state index in [1.165, 1.54) is 11.1 Å². The van der Waals surface area contributed by atoms with E-state index in [2.05, 4.69) is 50.2 Å². The van der Waals surface area contributed by atoms with Crippen LogP contribution in [-0.2, 0) is 12.0 Å². The van der Waals surface area contributed by atoms with E-state index in [4.69, 9.17) is 4.74 Å². The summed E-state index contributed by atoms with van der Waals surface area (Å²) in [6, 6.07) is 22.4. The maximum atomic E-state index is 10.2. The Morgan fingerprint density at radius 3 is 2.14 bits per heavy atom. The molecule has 0 bridgehead atoms. The molecule has 0 saturated heterocycles. The van der Waals surface area contributed by atoms with E-state index in [0.29, 0.717) is 11.3 Å². The van der Waals surface area contributed by atoms with Gasteiger partial charge in [0.15, 0.2) is 0 Å². The third-order valence-corrected chi connectivity index (χ3v) is 6.04. The van der Waals surface area contributed by atoms with Crippen molar-refractivity contribution in [2.75, 3.05) is 0 Å². The van der Waals surface area contributed by atoms with Gasteiger partial charge in [-0.2, -0.15) is 0 Å². The van der Waals surface area contributed by atoms with Gasteiger partial charge in [0.1, 0.15) is 17.3 Å². The van der Waals surface area contributed by atoms with E-state index in [-0.39, 0.29) is 12.4 Å². The van der Waals surface area contributed by atoms with Crippen molar-refractivity contribution in [1.29, 1.82) is 0 Å². The average Bonchev–Trinajstić information content (AvgIpc) is 2.73. The number of aromatic hydroxyl groups is 1. The van der Waals surface area contributed by atoms with Crippen LogP contribution in [0.25, 0.3) is 11.1 Å². The van der Waals surface area contributed by atoms with Crippen molar-refractivity contribution in [1.82, 2.24) is 0 Å². The monoisotopic (exact) mass is 372 g/mol. The van der Waals surface area contributed by atoms with Crippen molar-refractivity contribution >= 4 is 0 Å². The average molecular weight is 372 g/mol. The number of aliphatic hydroxyl groups is 1. The van der Waals surface area contributed by atoms with Gasteiger partial charge in [-0.3, -0.25) is 0 Å². The minimum Gasteiger partial charge on any atom is -0.507 e. The number of fused-ring (bicyclic) bond motifs is 1. The van der Waals surface area contributed by atoms with Gasteiger partial charge in [-0.25, -0.2) is 0 Å². The lowest BCUT2D eigenvalue weighted by Gasteiger charge is -2.39. The molecule has 1 unspecified atom stereocenters. The Morgan fingerprint density at radius 2 is 1.50 bits per heavy atom. The molecule has 0 aliphatic carbocycles. The van der Waals surface area contributed by atoms with Crippen LogP contribution in [-0.4, -0.2) is 10.2 Å². The van der Waals surface area contributed by atoms with Crippen molar-refractivity contribution in [2.45, 2.75) is 32.8 Å². The van der Waals surface area contributed by atoms with Crippen LogP contribution in [0.1, 0.15) is 37.5 Å². The van der Waals surface area contributed by atoms with Crippen LogP contribution in [0.3, 0.4) is 0 Å². The molecule has 0 amide bonds. The van der Waals surface area contributed by atoms with Crippen LogP contribution in [0.4, 0.5) is 0 Å². The zero-order valence-electron chi connectivity index (χ0n) is 16.4. The summed E-state index contributed by atoms with van der Waals surface area (Å²) >= 11 is 0. The predicted molar refractivity (Wildman–Crippen MR) is 111 cm³/mol. The van der Waals surface area contributed by atoms with Crippen LogP contribution in [0.15, 0.2) is 78.1 Å². The van der Waals surface area contributed by atoms with Crippen LogP contribution in [0, 0.1) is 0 Å². The quantitative estimate of drug-likeness (QED) is 0.634. The second-order valence-electron chi connectivity index (χ2n) is 7.45. The Kier molecular flexibility index (Phi) is 4.48. The van der Waals surface area contributed by atoms with Crippen LogP contribution in [0.5, 0.6) is 11.5 Å². The first-order valence-corrected chi connectivity index (χ1v) is 9.44. The van der Waals surface area contributed by atoms with E-state index < -0.39 is 5.41 Å². The summed E-state index contributed by atoms with van der Waals surface area (Å²) < 4.78 is 6.02. The molecule has 1 aliphatic rings. The molecule has 1 heterocycles. The number of rotatable bonds is 3. The summed E-state index contributed by atoms with van der Waals surface area (Å²) in [5, 5.41) is 19.9. The third-order valence-electron chi connectivity index (χ3n) is 6.04. The molecule has 3 aromatic rings. The van der Waals surface area contributed by atoms with E-state index >= 15 is 0 Å². The first-order chi connectivity index (χ1) is 13.5. The molecule has 2 N–H and O–H groups in total. The van der Waals surface area contributed by atoms with E-state index in [1.54, 1.807) is 6.07 Å². The van der Waals surface area contributed by atoms with Gasteiger partial charge in [0.2, 0.25) is 0 Å². The van der Waals surface area contributed by atoms with Gasteiger partial charge in [0.05, 0.1) is 12.2 Å². The summed E-state index contributed by atoms with van der Waals surface area (Å²) in [5.74, 6) is 1.40. The summed E-state index contributed by atoms with van der Waals surface area (Å²) in [6.45, 7) is 5.90. The number of hydrogen-bond acceptors (Lipinski definition) is 3. The number of aliphatic hydroxyl groups excluding tert-OH is 1. The highest BCUT2D eigenvalue weighted by Gasteiger charge is 2.39. The van der Waals surface area contributed by atoms with Crippen molar-refractivity contribution in [3.05, 3.63) is 94.8 Å². The Hall–Kier alpha value is -3.04. The first kappa shape index (κ1) is 18.3. The molecule has 1 aliphatic heterocycles. The van der Waals surface area contributed by atoms with E-state index in [0.717, 1.165) is 22.5 Å². The zero-order chi connectivity index (χ0) is 19.9. The highest BCUT2D eigenvalue weighted by atomic mass is 16.5.